The Morgan fingerprint density at radius 1 is 1.31 bits per heavy atom. The molecule has 0 aliphatic heterocycles. The molecule has 0 aliphatic rings. The highest BCUT2D eigenvalue weighted by molar-refractivity contribution is 7.10. The molecule has 0 amide bonds. The average Bonchev–Trinajstić information content (AvgIpc) is 2.90. The molecule has 0 saturated carbocycles. The van der Waals surface area contributed by atoms with E-state index >= 15 is 0 Å². The Hall–Kier alpha value is -0.680. The topological polar surface area (TPSA) is 38.0 Å². The summed E-state index contributed by atoms with van der Waals surface area (Å²) in [4.78, 5) is 2.65. The van der Waals surface area contributed by atoms with E-state index in [9.17, 15) is 0 Å². The maximum atomic E-state index is 6.07. The quantitative estimate of drug-likeness (QED) is 0.858. The van der Waals surface area contributed by atoms with Gasteiger partial charge in [-0.3, -0.25) is 0 Å². The highest BCUT2D eigenvalue weighted by Crippen LogP contribution is 2.17. The number of rotatable bonds is 5. The van der Waals surface area contributed by atoms with Crippen LogP contribution < -0.4 is 11.1 Å². The molecule has 2 heterocycles. The fourth-order valence-corrected chi connectivity index (χ4v) is 3.13. The lowest BCUT2D eigenvalue weighted by Crippen LogP contribution is -2.25. The molecule has 0 aromatic carbocycles. The largest absolute Gasteiger partial charge is 0.322 e. The van der Waals surface area contributed by atoms with Gasteiger partial charge in [-0.1, -0.05) is 6.07 Å². The molecular formula is C12H16N2S2. The van der Waals surface area contributed by atoms with Crippen LogP contribution in [0.2, 0.25) is 0 Å². The van der Waals surface area contributed by atoms with Crippen molar-refractivity contribution in [1.82, 2.24) is 5.32 Å². The van der Waals surface area contributed by atoms with Crippen molar-refractivity contribution in [1.29, 1.82) is 0 Å². The number of nitrogens with one attached hydrogen (secondary N) is 1. The zero-order valence-corrected chi connectivity index (χ0v) is 10.9. The second kappa shape index (κ2) is 5.59. The summed E-state index contributed by atoms with van der Waals surface area (Å²) in [6.45, 7) is 3.90. The first-order valence-electron chi connectivity index (χ1n) is 5.30. The van der Waals surface area contributed by atoms with E-state index in [0.717, 1.165) is 13.1 Å². The molecule has 2 nitrogen and oxygen atoms in total. The van der Waals surface area contributed by atoms with Gasteiger partial charge in [0.1, 0.15) is 0 Å². The Balaban J connectivity index is 1.78. The molecule has 0 aliphatic carbocycles. The predicted molar refractivity (Wildman–Crippen MR) is 72.0 cm³/mol. The summed E-state index contributed by atoms with van der Waals surface area (Å²) in [6.07, 6.45) is 0. The molecule has 4 heteroatoms. The Morgan fingerprint density at radius 3 is 2.81 bits per heavy atom. The normalized spacial score (nSPS) is 12.9. The molecule has 3 N–H and O–H groups in total. The number of hydrogen-bond donors (Lipinski definition) is 2. The summed E-state index contributed by atoms with van der Waals surface area (Å²) in [6, 6.07) is 6.40. The standard InChI is InChI=1S/C12H16N2S2/c1-9-4-6-16-12(9)8-14-7-10(13)11-3-2-5-15-11/h2-6,10,14H,7-8,13H2,1H3. The van der Waals surface area contributed by atoms with E-state index in [1.54, 1.807) is 22.7 Å². The van der Waals surface area contributed by atoms with Crippen molar-refractivity contribution < 1.29 is 0 Å². The summed E-state index contributed by atoms with van der Waals surface area (Å²) in [7, 11) is 0. The van der Waals surface area contributed by atoms with Crippen molar-refractivity contribution in [2.75, 3.05) is 6.54 Å². The summed E-state index contributed by atoms with van der Waals surface area (Å²) < 4.78 is 0. The van der Waals surface area contributed by atoms with Gasteiger partial charge in [-0.15, -0.1) is 22.7 Å². The van der Waals surface area contributed by atoms with Gasteiger partial charge in [-0.2, -0.15) is 0 Å². The van der Waals surface area contributed by atoms with Crippen molar-refractivity contribution in [3.63, 3.8) is 0 Å². The van der Waals surface area contributed by atoms with Gasteiger partial charge in [0.25, 0.3) is 0 Å². The molecule has 1 atom stereocenters. The number of hydrogen-bond acceptors (Lipinski definition) is 4. The minimum atomic E-state index is 0.111. The maximum Gasteiger partial charge on any atom is 0.0516 e. The van der Waals surface area contributed by atoms with E-state index in [1.165, 1.54) is 15.3 Å². The van der Waals surface area contributed by atoms with Crippen LogP contribution >= 0.6 is 22.7 Å². The molecule has 1 unspecified atom stereocenters. The lowest BCUT2D eigenvalue weighted by molar-refractivity contribution is 0.607. The van der Waals surface area contributed by atoms with Gasteiger partial charge in [-0.05, 0) is 35.4 Å². The van der Waals surface area contributed by atoms with Crippen molar-refractivity contribution >= 4 is 22.7 Å². The van der Waals surface area contributed by atoms with Crippen LogP contribution in [-0.4, -0.2) is 6.54 Å². The average molecular weight is 252 g/mol. The molecule has 0 fully saturated rings. The maximum absolute atomic E-state index is 6.07. The molecule has 2 aromatic heterocycles. The van der Waals surface area contributed by atoms with E-state index in [-0.39, 0.29) is 6.04 Å². The Kier molecular flexibility index (Phi) is 4.12. The number of nitrogens with two attached hydrogens (primary N) is 1. The van der Waals surface area contributed by atoms with Crippen LogP contribution in [0.15, 0.2) is 29.0 Å². The van der Waals surface area contributed by atoms with E-state index in [4.69, 9.17) is 5.73 Å². The predicted octanol–water partition coefficient (Wildman–Crippen LogP) is 2.91. The Bertz CT molecular complexity index is 420. The van der Waals surface area contributed by atoms with Crippen LogP contribution in [0, 0.1) is 6.92 Å². The van der Waals surface area contributed by atoms with Crippen LogP contribution in [0.5, 0.6) is 0 Å². The first kappa shape index (κ1) is 11.8. The molecular weight excluding hydrogens is 236 g/mol. The lowest BCUT2D eigenvalue weighted by Gasteiger charge is -2.10. The molecule has 0 saturated heterocycles. The minimum absolute atomic E-state index is 0.111. The number of aryl methyl sites for hydroxylation is 1. The third kappa shape index (κ3) is 2.92. The van der Waals surface area contributed by atoms with Gasteiger partial charge in [0, 0.05) is 22.8 Å². The van der Waals surface area contributed by atoms with Crippen molar-refractivity contribution in [2.45, 2.75) is 19.5 Å². The highest BCUT2D eigenvalue weighted by Gasteiger charge is 2.06. The number of thiophene rings is 2. The fourth-order valence-electron chi connectivity index (χ4n) is 1.53. The van der Waals surface area contributed by atoms with Crippen molar-refractivity contribution in [3.05, 3.63) is 44.3 Å². The van der Waals surface area contributed by atoms with Crippen LogP contribution in [0.1, 0.15) is 21.4 Å². The van der Waals surface area contributed by atoms with Crippen molar-refractivity contribution in [2.24, 2.45) is 5.73 Å². The van der Waals surface area contributed by atoms with Gasteiger partial charge in [0.15, 0.2) is 0 Å². The van der Waals surface area contributed by atoms with Gasteiger partial charge < -0.3 is 11.1 Å². The smallest absolute Gasteiger partial charge is 0.0516 e. The summed E-state index contributed by atoms with van der Waals surface area (Å²) in [5.41, 5.74) is 7.43. The second-order valence-corrected chi connectivity index (χ2v) is 5.76. The molecule has 2 rings (SSSR count). The van der Waals surface area contributed by atoms with E-state index in [1.807, 2.05) is 6.07 Å². The summed E-state index contributed by atoms with van der Waals surface area (Å²) >= 11 is 3.52. The van der Waals surface area contributed by atoms with E-state index < -0.39 is 0 Å². The third-order valence-electron chi connectivity index (χ3n) is 2.53. The summed E-state index contributed by atoms with van der Waals surface area (Å²) in [5.74, 6) is 0. The van der Waals surface area contributed by atoms with Crippen LogP contribution in [-0.2, 0) is 6.54 Å². The molecule has 16 heavy (non-hydrogen) atoms. The first-order valence-corrected chi connectivity index (χ1v) is 7.06. The van der Waals surface area contributed by atoms with Gasteiger partial charge in [0.05, 0.1) is 6.04 Å². The zero-order chi connectivity index (χ0) is 11.4. The summed E-state index contributed by atoms with van der Waals surface area (Å²) in [5, 5.41) is 7.61. The van der Waals surface area contributed by atoms with Gasteiger partial charge in [-0.25, -0.2) is 0 Å². The molecule has 0 spiro atoms. The van der Waals surface area contributed by atoms with Gasteiger partial charge >= 0.3 is 0 Å². The molecule has 0 bridgehead atoms. The Morgan fingerprint density at radius 2 is 2.19 bits per heavy atom. The molecule has 86 valence electrons. The van der Waals surface area contributed by atoms with E-state index in [0.29, 0.717) is 0 Å². The van der Waals surface area contributed by atoms with E-state index in [2.05, 4.69) is 35.1 Å². The van der Waals surface area contributed by atoms with Crippen molar-refractivity contribution in [3.8, 4) is 0 Å². The van der Waals surface area contributed by atoms with Gasteiger partial charge in [0.2, 0.25) is 0 Å². The Labute approximate surface area is 104 Å². The second-order valence-electron chi connectivity index (χ2n) is 3.78. The first-order chi connectivity index (χ1) is 7.77. The SMILES string of the molecule is Cc1ccsc1CNCC(N)c1cccs1. The van der Waals surface area contributed by atoms with Crippen LogP contribution in [0.4, 0.5) is 0 Å². The highest BCUT2D eigenvalue weighted by atomic mass is 32.1. The molecule has 0 radical (unpaired) electrons. The zero-order valence-electron chi connectivity index (χ0n) is 9.27. The van der Waals surface area contributed by atoms with Crippen LogP contribution in [0.25, 0.3) is 0 Å². The monoisotopic (exact) mass is 252 g/mol. The fraction of sp³-hybridized carbons (Fsp3) is 0.333. The minimum Gasteiger partial charge on any atom is -0.322 e. The lowest BCUT2D eigenvalue weighted by atomic mass is 10.2. The van der Waals surface area contributed by atoms with Crippen LogP contribution in [0.3, 0.4) is 0 Å². The molecule has 2 aromatic rings. The third-order valence-corrected chi connectivity index (χ3v) is 4.55.